The van der Waals surface area contributed by atoms with E-state index in [1.165, 1.54) is 5.56 Å². The minimum absolute atomic E-state index is 0. The smallest absolute Gasteiger partial charge is 0.0291 e. The highest BCUT2D eigenvalue weighted by Crippen LogP contribution is 2.10. The molecule has 0 aliphatic heterocycles. The molecular formula is C12H20ClN. The Morgan fingerprint density at radius 1 is 1.07 bits per heavy atom. The van der Waals surface area contributed by atoms with Crippen LogP contribution < -0.4 is 5.32 Å². The Balaban J connectivity index is 0.00000169. The average Bonchev–Trinajstić information content (AvgIpc) is 2.15. The van der Waals surface area contributed by atoms with Gasteiger partial charge >= 0.3 is 0 Å². The second kappa shape index (κ2) is 6.86. The first-order valence-corrected chi connectivity index (χ1v) is 4.98. The molecule has 0 radical (unpaired) electrons. The number of nitrogens with one attached hydrogen (secondary N) is 1. The van der Waals surface area contributed by atoms with Gasteiger partial charge in [0.1, 0.15) is 0 Å². The van der Waals surface area contributed by atoms with Crippen LogP contribution in [-0.2, 0) is 0 Å². The summed E-state index contributed by atoms with van der Waals surface area (Å²) in [7, 11) is 0. The van der Waals surface area contributed by atoms with Crippen molar-refractivity contribution in [2.75, 3.05) is 6.54 Å². The third kappa shape index (κ3) is 4.64. The van der Waals surface area contributed by atoms with E-state index in [9.17, 15) is 0 Å². The first-order valence-electron chi connectivity index (χ1n) is 4.98. The summed E-state index contributed by atoms with van der Waals surface area (Å²) in [5.41, 5.74) is 1.36. The minimum Gasteiger partial charge on any atom is -0.310 e. The van der Waals surface area contributed by atoms with Crippen LogP contribution >= 0.6 is 12.4 Å². The second-order valence-electron chi connectivity index (χ2n) is 3.93. The zero-order valence-corrected chi connectivity index (χ0v) is 9.97. The maximum absolute atomic E-state index is 3.50. The van der Waals surface area contributed by atoms with E-state index >= 15 is 0 Å². The highest BCUT2D eigenvalue weighted by atomic mass is 35.5. The molecule has 1 unspecified atom stereocenters. The Hall–Kier alpha value is -0.530. The first kappa shape index (κ1) is 13.5. The minimum atomic E-state index is 0. The number of hydrogen-bond acceptors (Lipinski definition) is 1. The van der Waals surface area contributed by atoms with Gasteiger partial charge in [-0.3, -0.25) is 0 Å². The van der Waals surface area contributed by atoms with Gasteiger partial charge in [0.15, 0.2) is 0 Å². The Bertz CT molecular complexity index is 233. The fourth-order valence-corrected chi connectivity index (χ4v) is 1.27. The predicted octanol–water partition coefficient (Wildman–Crippen LogP) is 3.42. The van der Waals surface area contributed by atoms with Crippen LogP contribution in [0.5, 0.6) is 0 Å². The van der Waals surface area contributed by atoms with Crippen LogP contribution in [0.2, 0.25) is 0 Å². The van der Waals surface area contributed by atoms with Gasteiger partial charge in [0, 0.05) is 6.04 Å². The molecule has 1 nitrogen and oxygen atoms in total. The highest BCUT2D eigenvalue weighted by molar-refractivity contribution is 5.85. The van der Waals surface area contributed by atoms with E-state index in [1.54, 1.807) is 0 Å². The monoisotopic (exact) mass is 213 g/mol. The van der Waals surface area contributed by atoms with E-state index in [2.05, 4.69) is 56.4 Å². The standard InChI is InChI=1S/C12H19N.ClH/c1-10(2)9-13-11(3)12-7-5-4-6-8-12;/h4-8,10-11,13H,9H2,1-3H3;1H. The van der Waals surface area contributed by atoms with Crippen LogP contribution in [0.15, 0.2) is 30.3 Å². The molecular weight excluding hydrogens is 194 g/mol. The van der Waals surface area contributed by atoms with Crippen molar-refractivity contribution in [3.05, 3.63) is 35.9 Å². The molecule has 0 amide bonds. The van der Waals surface area contributed by atoms with Crippen LogP contribution in [0.3, 0.4) is 0 Å². The summed E-state index contributed by atoms with van der Waals surface area (Å²) in [6.07, 6.45) is 0. The van der Waals surface area contributed by atoms with Gasteiger partial charge in [0.2, 0.25) is 0 Å². The summed E-state index contributed by atoms with van der Waals surface area (Å²) in [6, 6.07) is 11.0. The highest BCUT2D eigenvalue weighted by Gasteiger charge is 2.03. The first-order chi connectivity index (χ1) is 6.20. The molecule has 0 aliphatic rings. The normalized spacial score (nSPS) is 12.3. The SMILES string of the molecule is CC(C)CNC(C)c1ccccc1.Cl. The molecule has 0 aliphatic carbocycles. The zero-order valence-electron chi connectivity index (χ0n) is 9.16. The maximum atomic E-state index is 3.50. The summed E-state index contributed by atoms with van der Waals surface area (Å²) in [5, 5.41) is 3.50. The van der Waals surface area contributed by atoms with Crippen LogP contribution in [0.25, 0.3) is 0 Å². The van der Waals surface area contributed by atoms with Crippen molar-refractivity contribution in [2.45, 2.75) is 26.8 Å². The lowest BCUT2D eigenvalue weighted by Crippen LogP contribution is -2.23. The molecule has 1 N–H and O–H groups in total. The van der Waals surface area contributed by atoms with Crippen LogP contribution in [0, 0.1) is 5.92 Å². The Kier molecular flexibility index (Phi) is 6.60. The molecule has 0 saturated heterocycles. The molecule has 0 aromatic heterocycles. The summed E-state index contributed by atoms with van der Waals surface area (Å²) >= 11 is 0. The van der Waals surface area contributed by atoms with Crippen molar-refractivity contribution < 1.29 is 0 Å². The van der Waals surface area contributed by atoms with Crippen molar-refractivity contribution in [1.82, 2.24) is 5.32 Å². The molecule has 80 valence electrons. The molecule has 1 atom stereocenters. The fraction of sp³-hybridized carbons (Fsp3) is 0.500. The Morgan fingerprint density at radius 2 is 1.64 bits per heavy atom. The second-order valence-corrected chi connectivity index (χ2v) is 3.93. The molecule has 0 heterocycles. The lowest BCUT2D eigenvalue weighted by atomic mass is 10.1. The predicted molar refractivity (Wildman–Crippen MR) is 64.9 cm³/mol. The number of rotatable bonds is 4. The molecule has 0 fully saturated rings. The molecule has 0 bridgehead atoms. The van der Waals surface area contributed by atoms with Crippen molar-refractivity contribution in [3.63, 3.8) is 0 Å². The summed E-state index contributed by atoms with van der Waals surface area (Å²) in [6.45, 7) is 7.74. The molecule has 2 heteroatoms. The molecule has 0 spiro atoms. The summed E-state index contributed by atoms with van der Waals surface area (Å²) in [5.74, 6) is 0.714. The third-order valence-corrected chi connectivity index (χ3v) is 2.13. The van der Waals surface area contributed by atoms with Gasteiger partial charge in [-0.05, 0) is 24.9 Å². The van der Waals surface area contributed by atoms with Crippen molar-refractivity contribution in [3.8, 4) is 0 Å². The van der Waals surface area contributed by atoms with E-state index in [1.807, 2.05) is 0 Å². The van der Waals surface area contributed by atoms with Crippen LogP contribution in [0.4, 0.5) is 0 Å². The topological polar surface area (TPSA) is 12.0 Å². The van der Waals surface area contributed by atoms with E-state index in [4.69, 9.17) is 0 Å². The van der Waals surface area contributed by atoms with Gasteiger partial charge in [-0.1, -0.05) is 44.2 Å². The lowest BCUT2D eigenvalue weighted by molar-refractivity contribution is 0.496. The van der Waals surface area contributed by atoms with Crippen molar-refractivity contribution in [2.24, 2.45) is 5.92 Å². The Labute approximate surface area is 93.3 Å². The third-order valence-electron chi connectivity index (χ3n) is 2.13. The van der Waals surface area contributed by atoms with Crippen molar-refractivity contribution in [1.29, 1.82) is 0 Å². The van der Waals surface area contributed by atoms with E-state index in [-0.39, 0.29) is 12.4 Å². The zero-order chi connectivity index (χ0) is 9.68. The molecule has 14 heavy (non-hydrogen) atoms. The van der Waals surface area contributed by atoms with Crippen LogP contribution in [-0.4, -0.2) is 6.54 Å². The molecule has 0 saturated carbocycles. The van der Waals surface area contributed by atoms with Gasteiger partial charge in [-0.2, -0.15) is 0 Å². The van der Waals surface area contributed by atoms with Gasteiger partial charge in [0.25, 0.3) is 0 Å². The van der Waals surface area contributed by atoms with Gasteiger partial charge in [-0.15, -0.1) is 12.4 Å². The number of hydrogen-bond donors (Lipinski definition) is 1. The molecule has 1 rings (SSSR count). The quantitative estimate of drug-likeness (QED) is 0.809. The number of benzene rings is 1. The Morgan fingerprint density at radius 3 is 2.14 bits per heavy atom. The lowest BCUT2D eigenvalue weighted by Gasteiger charge is -2.15. The van der Waals surface area contributed by atoms with E-state index in [0.29, 0.717) is 12.0 Å². The molecule has 1 aromatic carbocycles. The summed E-state index contributed by atoms with van der Waals surface area (Å²) < 4.78 is 0. The maximum Gasteiger partial charge on any atom is 0.0291 e. The molecule has 1 aromatic rings. The van der Waals surface area contributed by atoms with E-state index < -0.39 is 0 Å². The van der Waals surface area contributed by atoms with Crippen LogP contribution in [0.1, 0.15) is 32.4 Å². The van der Waals surface area contributed by atoms with Gasteiger partial charge in [-0.25, -0.2) is 0 Å². The fourth-order valence-electron chi connectivity index (χ4n) is 1.27. The average molecular weight is 214 g/mol. The summed E-state index contributed by atoms with van der Waals surface area (Å²) in [4.78, 5) is 0. The number of halogens is 1. The van der Waals surface area contributed by atoms with Gasteiger partial charge in [0.05, 0.1) is 0 Å². The largest absolute Gasteiger partial charge is 0.310 e. The van der Waals surface area contributed by atoms with E-state index in [0.717, 1.165) is 6.54 Å². The van der Waals surface area contributed by atoms with Crippen molar-refractivity contribution >= 4 is 12.4 Å². The van der Waals surface area contributed by atoms with Gasteiger partial charge < -0.3 is 5.32 Å².